The van der Waals surface area contributed by atoms with Crippen molar-refractivity contribution in [3.05, 3.63) is 29.8 Å². The number of rotatable bonds is 2. The van der Waals surface area contributed by atoms with Gasteiger partial charge in [0.2, 0.25) is 17.6 Å². The van der Waals surface area contributed by atoms with E-state index >= 15 is 0 Å². The van der Waals surface area contributed by atoms with Crippen molar-refractivity contribution in [2.75, 3.05) is 5.73 Å². The van der Waals surface area contributed by atoms with Crippen molar-refractivity contribution < 1.29 is 4.52 Å². The molecule has 2 aromatic heterocycles. The fourth-order valence-corrected chi connectivity index (χ4v) is 1.51. The molecule has 3 N–H and O–H groups in total. The van der Waals surface area contributed by atoms with Gasteiger partial charge < -0.3 is 10.3 Å². The van der Waals surface area contributed by atoms with Crippen LogP contribution >= 0.6 is 0 Å². The summed E-state index contributed by atoms with van der Waals surface area (Å²) < 4.78 is 5.10. The molecular formula is C11H10N6O. The third-order valence-corrected chi connectivity index (χ3v) is 2.44. The smallest absolute Gasteiger partial charge is 0.295 e. The number of nitrogens with one attached hydrogen (secondary N) is 1. The number of hydrogen-bond donors (Lipinski definition) is 2. The van der Waals surface area contributed by atoms with Crippen LogP contribution in [0.4, 0.5) is 5.95 Å². The molecule has 0 fully saturated rings. The molecule has 0 radical (unpaired) electrons. The van der Waals surface area contributed by atoms with Gasteiger partial charge in [0, 0.05) is 5.56 Å². The van der Waals surface area contributed by atoms with Gasteiger partial charge in [0.05, 0.1) is 0 Å². The molecule has 0 unspecified atom stereocenters. The van der Waals surface area contributed by atoms with Gasteiger partial charge in [0.25, 0.3) is 5.89 Å². The third-order valence-electron chi connectivity index (χ3n) is 2.44. The van der Waals surface area contributed by atoms with Gasteiger partial charge in [-0.15, -0.1) is 5.10 Å². The second-order valence-corrected chi connectivity index (χ2v) is 3.83. The van der Waals surface area contributed by atoms with Crippen LogP contribution in [0.2, 0.25) is 0 Å². The minimum atomic E-state index is 0.139. The number of nitrogen functional groups attached to an aromatic ring is 1. The van der Waals surface area contributed by atoms with Crippen LogP contribution in [0.25, 0.3) is 23.1 Å². The lowest BCUT2D eigenvalue weighted by atomic mass is 10.1. The summed E-state index contributed by atoms with van der Waals surface area (Å²) >= 11 is 0. The maximum Gasteiger partial charge on any atom is 0.295 e. The van der Waals surface area contributed by atoms with Crippen LogP contribution in [-0.2, 0) is 0 Å². The number of nitrogens with two attached hydrogens (primary N) is 1. The number of hydrogen-bond acceptors (Lipinski definition) is 6. The van der Waals surface area contributed by atoms with E-state index in [0.29, 0.717) is 11.6 Å². The first-order valence-corrected chi connectivity index (χ1v) is 5.31. The normalized spacial score (nSPS) is 10.7. The van der Waals surface area contributed by atoms with E-state index in [0.717, 1.165) is 5.56 Å². The van der Waals surface area contributed by atoms with E-state index in [2.05, 4.69) is 25.3 Å². The van der Waals surface area contributed by atoms with E-state index in [1.807, 2.05) is 31.2 Å². The Morgan fingerprint density at radius 2 is 1.94 bits per heavy atom. The predicted octanol–water partition coefficient (Wildman–Crippen LogP) is 1.41. The molecule has 0 aliphatic carbocycles. The van der Waals surface area contributed by atoms with Crippen molar-refractivity contribution in [2.24, 2.45) is 0 Å². The average molecular weight is 242 g/mol. The zero-order chi connectivity index (χ0) is 12.5. The largest absolute Gasteiger partial charge is 0.366 e. The summed E-state index contributed by atoms with van der Waals surface area (Å²) in [6, 6.07) is 7.83. The highest BCUT2D eigenvalue weighted by Gasteiger charge is 2.13. The highest BCUT2D eigenvalue weighted by atomic mass is 16.5. The second-order valence-electron chi connectivity index (χ2n) is 3.83. The SMILES string of the molecule is Cc1ccc(-c2noc(-c3nc(N)n[nH]3)n2)cc1. The van der Waals surface area contributed by atoms with Crippen molar-refractivity contribution in [3.8, 4) is 23.1 Å². The Hall–Kier alpha value is -2.70. The summed E-state index contributed by atoms with van der Waals surface area (Å²) in [5.74, 6) is 1.26. The minimum Gasteiger partial charge on any atom is -0.366 e. The number of aryl methyl sites for hydroxylation is 1. The van der Waals surface area contributed by atoms with Gasteiger partial charge in [0.1, 0.15) is 0 Å². The molecule has 3 aromatic rings. The van der Waals surface area contributed by atoms with Gasteiger partial charge in [-0.2, -0.15) is 9.97 Å². The molecule has 90 valence electrons. The van der Waals surface area contributed by atoms with E-state index in [9.17, 15) is 0 Å². The fraction of sp³-hybridized carbons (Fsp3) is 0.0909. The molecule has 0 aliphatic heterocycles. The van der Waals surface area contributed by atoms with E-state index in [-0.39, 0.29) is 11.8 Å². The lowest BCUT2D eigenvalue weighted by Gasteiger charge is -1.94. The monoisotopic (exact) mass is 242 g/mol. The van der Waals surface area contributed by atoms with Gasteiger partial charge >= 0.3 is 0 Å². The van der Waals surface area contributed by atoms with E-state index in [1.165, 1.54) is 5.56 Å². The van der Waals surface area contributed by atoms with Crippen LogP contribution in [0.15, 0.2) is 28.8 Å². The fourth-order valence-electron chi connectivity index (χ4n) is 1.51. The van der Waals surface area contributed by atoms with Crippen molar-refractivity contribution in [2.45, 2.75) is 6.92 Å². The molecule has 2 heterocycles. The molecule has 0 saturated carbocycles. The summed E-state index contributed by atoms with van der Waals surface area (Å²) in [5.41, 5.74) is 7.46. The third kappa shape index (κ3) is 1.81. The topological polar surface area (TPSA) is 107 Å². The van der Waals surface area contributed by atoms with Crippen molar-refractivity contribution >= 4 is 5.95 Å². The van der Waals surface area contributed by atoms with E-state index in [1.54, 1.807) is 0 Å². The van der Waals surface area contributed by atoms with Crippen LogP contribution in [0.1, 0.15) is 5.56 Å². The van der Waals surface area contributed by atoms with Crippen molar-refractivity contribution in [1.29, 1.82) is 0 Å². The summed E-state index contributed by atoms with van der Waals surface area (Å²) in [6.07, 6.45) is 0. The molecule has 7 heteroatoms. The molecule has 0 amide bonds. The first kappa shape index (κ1) is 10.5. The summed E-state index contributed by atoms with van der Waals surface area (Å²) in [5, 5.41) is 10.2. The standard InChI is InChI=1S/C11H10N6O/c1-6-2-4-7(5-3-6)8-13-10(18-17-8)9-14-11(12)16-15-9/h2-5H,1H3,(H3,12,14,15,16). The maximum atomic E-state index is 5.41. The number of aromatic nitrogens is 5. The van der Waals surface area contributed by atoms with Gasteiger partial charge in [-0.25, -0.2) is 0 Å². The number of benzene rings is 1. The van der Waals surface area contributed by atoms with E-state index < -0.39 is 0 Å². The molecule has 0 spiro atoms. The van der Waals surface area contributed by atoms with E-state index in [4.69, 9.17) is 10.3 Å². The quantitative estimate of drug-likeness (QED) is 0.703. The Bertz CT molecular complexity index is 669. The predicted molar refractivity (Wildman–Crippen MR) is 64.3 cm³/mol. The Morgan fingerprint density at radius 3 is 2.61 bits per heavy atom. The molecule has 0 atom stereocenters. The summed E-state index contributed by atoms with van der Waals surface area (Å²) in [4.78, 5) is 8.14. The number of aromatic amines is 1. The minimum absolute atomic E-state index is 0.139. The Labute approximate surface area is 102 Å². The lowest BCUT2D eigenvalue weighted by molar-refractivity contribution is 0.429. The highest BCUT2D eigenvalue weighted by Crippen LogP contribution is 2.20. The molecule has 3 rings (SSSR count). The first-order chi connectivity index (χ1) is 8.72. The molecule has 18 heavy (non-hydrogen) atoms. The van der Waals surface area contributed by atoms with Crippen LogP contribution in [-0.4, -0.2) is 25.3 Å². The summed E-state index contributed by atoms with van der Waals surface area (Å²) in [7, 11) is 0. The molecule has 7 nitrogen and oxygen atoms in total. The van der Waals surface area contributed by atoms with Gasteiger partial charge in [-0.3, -0.25) is 5.10 Å². The number of nitrogens with zero attached hydrogens (tertiary/aromatic N) is 4. The van der Waals surface area contributed by atoms with Crippen LogP contribution < -0.4 is 5.73 Å². The van der Waals surface area contributed by atoms with Crippen molar-refractivity contribution in [3.63, 3.8) is 0 Å². The Kier molecular flexibility index (Phi) is 2.30. The number of anilines is 1. The van der Waals surface area contributed by atoms with Gasteiger partial charge in [-0.05, 0) is 6.92 Å². The molecular weight excluding hydrogens is 232 g/mol. The Morgan fingerprint density at radius 1 is 1.17 bits per heavy atom. The molecule has 0 bridgehead atoms. The second kappa shape index (κ2) is 3.95. The Balaban J connectivity index is 1.96. The van der Waals surface area contributed by atoms with Crippen molar-refractivity contribution in [1.82, 2.24) is 25.3 Å². The average Bonchev–Trinajstić information content (AvgIpc) is 2.98. The zero-order valence-corrected chi connectivity index (χ0v) is 9.58. The molecule has 0 saturated heterocycles. The maximum absolute atomic E-state index is 5.41. The lowest BCUT2D eigenvalue weighted by Crippen LogP contribution is -1.85. The van der Waals surface area contributed by atoms with Crippen LogP contribution in [0.5, 0.6) is 0 Å². The molecule has 1 aromatic carbocycles. The first-order valence-electron chi connectivity index (χ1n) is 5.31. The van der Waals surface area contributed by atoms with Gasteiger partial charge in [0.15, 0.2) is 0 Å². The van der Waals surface area contributed by atoms with Crippen LogP contribution in [0, 0.1) is 6.92 Å². The zero-order valence-electron chi connectivity index (χ0n) is 9.58. The van der Waals surface area contributed by atoms with Gasteiger partial charge in [-0.1, -0.05) is 35.0 Å². The van der Waals surface area contributed by atoms with Crippen LogP contribution in [0.3, 0.4) is 0 Å². The number of H-pyrrole nitrogens is 1. The molecule has 0 aliphatic rings. The summed E-state index contributed by atoms with van der Waals surface area (Å²) in [6.45, 7) is 2.02. The highest BCUT2D eigenvalue weighted by molar-refractivity contribution is 5.57.